The number of hydrogen-bond donors (Lipinski definition) is 1. The first kappa shape index (κ1) is 14.0. The highest BCUT2D eigenvalue weighted by Gasteiger charge is 2.33. The van der Waals surface area contributed by atoms with Crippen molar-refractivity contribution in [3.8, 4) is 0 Å². The molecule has 0 bridgehead atoms. The molecule has 1 N–H and O–H groups in total. The molecule has 5 nitrogen and oxygen atoms in total. The Labute approximate surface area is 127 Å². The molecule has 2 heterocycles. The predicted molar refractivity (Wildman–Crippen MR) is 83.3 cm³/mol. The van der Waals surface area contributed by atoms with E-state index in [4.69, 9.17) is 0 Å². The van der Waals surface area contributed by atoms with Gasteiger partial charge < -0.3 is 10.2 Å². The second-order valence-electron chi connectivity index (χ2n) is 5.31. The Balaban J connectivity index is 1.73. The van der Waals surface area contributed by atoms with Gasteiger partial charge in [-0.3, -0.25) is 9.59 Å². The van der Waals surface area contributed by atoms with Crippen LogP contribution < -0.4 is 5.32 Å². The topological polar surface area (TPSA) is 62.3 Å². The van der Waals surface area contributed by atoms with Crippen LogP contribution in [0.2, 0.25) is 0 Å². The molecule has 1 aromatic heterocycles. The molecule has 1 aliphatic heterocycles. The van der Waals surface area contributed by atoms with Gasteiger partial charge in [-0.05, 0) is 31.5 Å². The number of carbonyl (C=O) groups is 2. The van der Waals surface area contributed by atoms with Gasteiger partial charge in [0.1, 0.15) is 0 Å². The number of nitrogens with one attached hydrogen (secondary N) is 1. The predicted octanol–water partition coefficient (Wildman–Crippen LogP) is 2.41. The SMILES string of the molecule is CCN1CC(C(=O)Nc2nc3ccc(C)cc3s2)CC1=O. The first-order chi connectivity index (χ1) is 10.1. The third-order valence-electron chi connectivity index (χ3n) is 3.74. The van der Waals surface area contributed by atoms with Gasteiger partial charge in [-0.15, -0.1) is 0 Å². The lowest BCUT2D eigenvalue weighted by Crippen LogP contribution is -2.28. The summed E-state index contributed by atoms with van der Waals surface area (Å²) in [5.41, 5.74) is 2.06. The number of aryl methyl sites for hydroxylation is 1. The summed E-state index contributed by atoms with van der Waals surface area (Å²) in [5, 5.41) is 3.45. The third kappa shape index (κ3) is 2.76. The van der Waals surface area contributed by atoms with Crippen molar-refractivity contribution in [2.24, 2.45) is 5.92 Å². The highest BCUT2D eigenvalue weighted by molar-refractivity contribution is 7.22. The molecule has 3 rings (SSSR count). The van der Waals surface area contributed by atoms with Gasteiger partial charge in [-0.1, -0.05) is 17.4 Å². The molecule has 1 aromatic carbocycles. The van der Waals surface area contributed by atoms with Crippen LogP contribution in [0.5, 0.6) is 0 Å². The van der Waals surface area contributed by atoms with Gasteiger partial charge >= 0.3 is 0 Å². The maximum absolute atomic E-state index is 12.2. The van der Waals surface area contributed by atoms with E-state index in [1.807, 2.05) is 26.0 Å². The van der Waals surface area contributed by atoms with Crippen LogP contribution in [0.3, 0.4) is 0 Å². The van der Waals surface area contributed by atoms with Crippen molar-refractivity contribution in [1.29, 1.82) is 0 Å². The van der Waals surface area contributed by atoms with Gasteiger partial charge in [0.05, 0.1) is 16.1 Å². The monoisotopic (exact) mass is 303 g/mol. The number of fused-ring (bicyclic) bond motifs is 1. The summed E-state index contributed by atoms with van der Waals surface area (Å²) in [6.07, 6.45) is 0.295. The maximum Gasteiger partial charge on any atom is 0.231 e. The molecule has 110 valence electrons. The fourth-order valence-electron chi connectivity index (χ4n) is 2.55. The standard InChI is InChI=1S/C15H17N3O2S/c1-3-18-8-10(7-13(18)19)14(20)17-15-16-11-5-4-9(2)6-12(11)21-15/h4-6,10H,3,7-8H2,1-2H3,(H,16,17,20). The molecule has 0 spiro atoms. The van der Waals surface area contributed by atoms with Gasteiger partial charge in [0.15, 0.2) is 5.13 Å². The highest BCUT2D eigenvalue weighted by Crippen LogP contribution is 2.28. The number of amides is 2. The normalized spacial score (nSPS) is 18.5. The summed E-state index contributed by atoms with van der Waals surface area (Å²) in [4.78, 5) is 30.1. The number of rotatable bonds is 3. The number of carbonyl (C=O) groups excluding carboxylic acids is 2. The second kappa shape index (κ2) is 5.44. The van der Waals surface area contributed by atoms with Crippen molar-refractivity contribution in [3.63, 3.8) is 0 Å². The summed E-state index contributed by atoms with van der Waals surface area (Å²) in [5.74, 6) is -0.334. The molecule has 0 radical (unpaired) electrons. The van der Waals surface area contributed by atoms with Gasteiger partial charge in [-0.2, -0.15) is 0 Å². The Kier molecular flexibility index (Phi) is 3.63. The summed E-state index contributed by atoms with van der Waals surface area (Å²) in [6.45, 7) is 5.11. The largest absolute Gasteiger partial charge is 0.342 e. The Bertz CT molecular complexity index is 710. The Morgan fingerprint density at radius 2 is 2.33 bits per heavy atom. The second-order valence-corrected chi connectivity index (χ2v) is 6.34. The van der Waals surface area contributed by atoms with Gasteiger partial charge in [-0.25, -0.2) is 4.98 Å². The van der Waals surface area contributed by atoms with Crippen LogP contribution in [-0.4, -0.2) is 34.8 Å². The van der Waals surface area contributed by atoms with Crippen molar-refractivity contribution in [2.45, 2.75) is 20.3 Å². The number of thiazole rings is 1. The summed E-state index contributed by atoms with van der Waals surface area (Å²) >= 11 is 1.46. The van der Waals surface area contributed by atoms with E-state index in [9.17, 15) is 9.59 Å². The molecule has 1 saturated heterocycles. The fourth-order valence-corrected chi connectivity index (χ4v) is 3.51. The minimum Gasteiger partial charge on any atom is -0.342 e. The van der Waals surface area contributed by atoms with Gasteiger partial charge in [0, 0.05) is 19.5 Å². The van der Waals surface area contributed by atoms with E-state index in [1.54, 1.807) is 4.90 Å². The molecule has 2 aromatic rings. The van der Waals surface area contributed by atoms with Crippen LogP contribution >= 0.6 is 11.3 Å². The summed E-state index contributed by atoms with van der Waals surface area (Å²) < 4.78 is 1.06. The maximum atomic E-state index is 12.2. The van der Waals surface area contributed by atoms with Crippen LogP contribution in [0.15, 0.2) is 18.2 Å². The molecule has 21 heavy (non-hydrogen) atoms. The average molecular weight is 303 g/mol. The zero-order valence-electron chi connectivity index (χ0n) is 12.0. The Morgan fingerprint density at radius 3 is 3.05 bits per heavy atom. The molecule has 1 aliphatic rings. The number of anilines is 1. The lowest BCUT2D eigenvalue weighted by atomic mass is 10.1. The molecular weight excluding hydrogens is 286 g/mol. The lowest BCUT2D eigenvalue weighted by molar-refractivity contribution is -0.128. The van der Waals surface area contributed by atoms with Gasteiger partial charge in [0.25, 0.3) is 0 Å². The third-order valence-corrected chi connectivity index (χ3v) is 4.67. The number of aromatic nitrogens is 1. The van der Waals surface area contributed by atoms with Crippen LogP contribution in [0.1, 0.15) is 18.9 Å². The van der Waals surface area contributed by atoms with E-state index in [2.05, 4.69) is 16.4 Å². The Hall–Kier alpha value is -1.95. The molecule has 6 heteroatoms. The van der Waals surface area contributed by atoms with E-state index in [0.29, 0.717) is 24.6 Å². The first-order valence-electron chi connectivity index (χ1n) is 7.02. The lowest BCUT2D eigenvalue weighted by Gasteiger charge is -2.12. The first-order valence-corrected chi connectivity index (χ1v) is 7.84. The molecule has 1 atom stereocenters. The number of hydrogen-bond acceptors (Lipinski definition) is 4. The summed E-state index contributed by atoms with van der Waals surface area (Å²) in [6, 6.07) is 6.01. The highest BCUT2D eigenvalue weighted by atomic mass is 32.1. The minimum atomic E-state index is -0.272. The zero-order chi connectivity index (χ0) is 15.0. The van der Waals surface area contributed by atoms with Crippen LogP contribution in [0.25, 0.3) is 10.2 Å². The molecule has 2 amide bonds. The van der Waals surface area contributed by atoms with Crippen LogP contribution in [0.4, 0.5) is 5.13 Å². The molecule has 0 saturated carbocycles. The smallest absolute Gasteiger partial charge is 0.231 e. The molecule has 1 fully saturated rings. The van der Waals surface area contributed by atoms with E-state index in [-0.39, 0.29) is 17.7 Å². The molecule has 1 unspecified atom stereocenters. The van der Waals surface area contributed by atoms with E-state index in [1.165, 1.54) is 16.9 Å². The average Bonchev–Trinajstić information content (AvgIpc) is 3.01. The van der Waals surface area contributed by atoms with Crippen LogP contribution in [-0.2, 0) is 9.59 Å². The van der Waals surface area contributed by atoms with E-state index in [0.717, 1.165) is 10.2 Å². The molecule has 0 aliphatic carbocycles. The molecular formula is C15H17N3O2S. The summed E-state index contributed by atoms with van der Waals surface area (Å²) in [7, 11) is 0. The van der Waals surface area contributed by atoms with Crippen molar-refractivity contribution >= 4 is 38.5 Å². The van der Waals surface area contributed by atoms with Gasteiger partial charge in [0.2, 0.25) is 11.8 Å². The van der Waals surface area contributed by atoms with Crippen LogP contribution in [0, 0.1) is 12.8 Å². The van der Waals surface area contributed by atoms with E-state index >= 15 is 0 Å². The van der Waals surface area contributed by atoms with Crippen molar-refractivity contribution in [3.05, 3.63) is 23.8 Å². The van der Waals surface area contributed by atoms with Crippen molar-refractivity contribution in [2.75, 3.05) is 18.4 Å². The number of nitrogens with zero attached hydrogens (tertiary/aromatic N) is 2. The quantitative estimate of drug-likeness (QED) is 0.947. The van der Waals surface area contributed by atoms with Crippen molar-refractivity contribution < 1.29 is 9.59 Å². The number of benzene rings is 1. The zero-order valence-corrected chi connectivity index (χ0v) is 12.9. The fraction of sp³-hybridized carbons (Fsp3) is 0.400. The van der Waals surface area contributed by atoms with Crippen molar-refractivity contribution in [1.82, 2.24) is 9.88 Å². The Morgan fingerprint density at radius 1 is 1.52 bits per heavy atom. The van der Waals surface area contributed by atoms with E-state index < -0.39 is 0 Å². The minimum absolute atomic E-state index is 0.0533. The number of likely N-dealkylation sites (tertiary alicyclic amines) is 1.